The third-order valence-corrected chi connectivity index (χ3v) is 5.10. The lowest BCUT2D eigenvalue weighted by molar-refractivity contribution is -0.137. The first-order valence-corrected chi connectivity index (χ1v) is 9.14. The Hall–Kier alpha value is -2.87. The molecule has 0 amide bonds. The van der Waals surface area contributed by atoms with Gasteiger partial charge in [-0.25, -0.2) is 0 Å². The molecule has 0 bridgehead atoms. The van der Waals surface area contributed by atoms with Gasteiger partial charge in [-0.2, -0.15) is 13.2 Å². The number of thiocarbonyl (C=S) groups is 1. The molecule has 0 saturated carbocycles. The van der Waals surface area contributed by atoms with Crippen molar-refractivity contribution in [2.75, 3.05) is 11.9 Å². The van der Waals surface area contributed by atoms with Crippen LogP contribution in [-0.4, -0.2) is 26.1 Å². The van der Waals surface area contributed by atoms with Crippen LogP contribution in [-0.2, 0) is 12.7 Å². The molecule has 1 aliphatic rings. The van der Waals surface area contributed by atoms with Crippen molar-refractivity contribution in [2.45, 2.75) is 18.8 Å². The van der Waals surface area contributed by atoms with Crippen LogP contribution in [0.3, 0.4) is 0 Å². The normalized spacial score (nSPS) is 16.5. The molecule has 4 nitrogen and oxygen atoms in total. The van der Waals surface area contributed by atoms with Gasteiger partial charge < -0.3 is 14.8 Å². The molecule has 0 fully saturated rings. The van der Waals surface area contributed by atoms with Crippen LogP contribution in [0.5, 0.6) is 0 Å². The van der Waals surface area contributed by atoms with Crippen molar-refractivity contribution in [1.29, 1.82) is 0 Å². The zero-order chi connectivity index (χ0) is 19.7. The largest absolute Gasteiger partial charge is 0.416 e. The summed E-state index contributed by atoms with van der Waals surface area (Å²) in [6.07, 6.45) is 1.06. The standard InChI is InChI=1S/C20H17F3N4S/c21-20(22,23)15-3-1-4-16(13-15)25-19(28)27-12-11-26-10-2-5-17(26)18(27)14-6-8-24-9-7-14/h1-10,13,18H,11-12H2,(H,25,28). The van der Waals surface area contributed by atoms with Crippen molar-refractivity contribution in [2.24, 2.45) is 0 Å². The maximum Gasteiger partial charge on any atom is 0.416 e. The van der Waals surface area contributed by atoms with Crippen LogP contribution in [0.4, 0.5) is 18.9 Å². The van der Waals surface area contributed by atoms with Crippen molar-refractivity contribution >= 4 is 23.0 Å². The van der Waals surface area contributed by atoms with Crippen LogP contribution in [0.1, 0.15) is 22.9 Å². The molecule has 2 aromatic heterocycles. The molecule has 0 aliphatic carbocycles. The SMILES string of the molecule is FC(F)(F)c1cccc(NC(=S)N2CCn3cccc3C2c2ccncc2)c1. The Labute approximate surface area is 165 Å². The van der Waals surface area contributed by atoms with Crippen molar-refractivity contribution in [1.82, 2.24) is 14.5 Å². The molecule has 0 spiro atoms. The second-order valence-electron chi connectivity index (χ2n) is 6.51. The highest BCUT2D eigenvalue weighted by atomic mass is 32.1. The smallest absolute Gasteiger partial charge is 0.348 e. The van der Waals surface area contributed by atoms with Crippen LogP contribution < -0.4 is 5.32 Å². The summed E-state index contributed by atoms with van der Waals surface area (Å²) in [4.78, 5) is 6.07. The van der Waals surface area contributed by atoms with Gasteiger partial charge >= 0.3 is 6.18 Å². The number of anilines is 1. The molecule has 4 rings (SSSR count). The summed E-state index contributed by atoms with van der Waals surface area (Å²) in [5, 5.41) is 3.36. The van der Waals surface area contributed by atoms with E-state index in [2.05, 4.69) is 14.9 Å². The molecule has 1 unspecified atom stereocenters. The van der Waals surface area contributed by atoms with E-state index in [-0.39, 0.29) is 6.04 Å². The fraction of sp³-hybridized carbons (Fsp3) is 0.200. The number of hydrogen-bond acceptors (Lipinski definition) is 2. The van der Waals surface area contributed by atoms with Crippen molar-refractivity contribution < 1.29 is 13.2 Å². The van der Waals surface area contributed by atoms with Crippen molar-refractivity contribution in [3.63, 3.8) is 0 Å². The Morgan fingerprint density at radius 3 is 2.61 bits per heavy atom. The highest BCUT2D eigenvalue weighted by Gasteiger charge is 2.32. The minimum atomic E-state index is -4.40. The number of benzene rings is 1. The second kappa shape index (κ2) is 7.27. The number of fused-ring (bicyclic) bond motifs is 1. The summed E-state index contributed by atoms with van der Waals surface area (Å²) >= 11 is 5.58. The van der Waals surface area contributed by atoms with Gasteiger partial charge in [0, 0.05) is 43.1 Å². The Bertz CT molecular complexity index is 984. The Kier molecular flexibility index (Phi) is 4.80. The van der Waals surface area contributed by atoms with E-state index in [0.717, 1.165) is 29.9 Å². The molecule has 1 aliphatic heterocycles. The molecular weight excluding hydrogens is 385 g/mol. The van der Waals surface area contributed by atoms with Gasteiger partial charge in [0.1, 0.15) is 0 Å². The number of aromatic nitrogens is 2. The zero-order valence-electron chi connectivity index (χ0n) is 14.7. The summed E-state index contributed by atoms with van der Waals surface area (Å²) in [6, 6.07) is 12.8. The van der Waals surface area contributed by atoms with Gasteiger partial charge in [0.05, 0.1) is 11.6 Å². The molecule has 3 heterocycles. The molecule has 1 atom stereocenters. The van der Waals surface area contributed by atoms with E-state index < -0.39 is 11.7 Å². The van der Waals surface area contributed by atoms with E-state index in [9.17, 15) is 13.2 Å². The fourth-order valence-corrected chi connectivity index (χ4v) is 3.78. The quantitative estimate of drug-likeness (QED) is 0.630. The van der Waals surface area contributed by atoms with Gasteiger partial charge in [0.15, 0.2) is 5.11 Å². The Morgan fingerprint density at radius 2 is 1.86 bits per heavy atom. The molecule has 28 heavy (non-hydrogen) atoms. The summed E-state index contributed by atoms with van der Waals surface area (Å²) in [6.45, 7) is 1.38. The monoisotopic (exact) mass is 402 g/mol. The lowest BCUT2D eigenvalue weighted by Gasteiger charge is -2.39. The third-order valence-electron chi connectivity index (χ3n) is 4.76. The third kappa shape index (κ3) is 3.60. The average molecular weight is 402 g/mol. The first-order chi connectivity index (χ1) is 13.4. The average Bonchev–Trinajstić information content (AvgIpc) is 3.16. The van der Waals surface area contributed by atoms with Crippen LogP contribution >= 0.6 is 12.2 Å². The van der Waals surface area contributed by atoms with Gasteiger partial charge in [-0.05, 0) is 60.2 Å². The Morgan fingerprint density at radius 1 is 1.07 bits per heavy atom. The highest BCUT2D eigenvalue weighted by Crippen LogP contribution is 2.34. The topological polar surface area (TPSA) is 33.1 Å². The number of alkyl halides is 3. The molecule has 144 valence electrons. The lowest BCUT2D eigenvalue weighted by Crippen LogP contribution is -2.44. The number of pyridine rings is 1. The fourth-order valence-electron chi connectivity index (χ4n) is 3.47. The van der Waals surface area contributed by atoms with Gasteiger partial charge in [-0.3, -0.25) is 4.98 Å². The van der Waals surface area contributed by atoms with E-state index in [1.807, 2.05) is 35.4 Å². The van der Waals surface area contributed by atoms with Gasteiger partial charge in [0.25, 0.3) is 0 Å². The number of hydrogen-bond donors (Lipinski definition) is 1. The molecule has 0 saturated heterocycles. The molecule has 3 aromatic rings. The Balaban J connectivity index is 1.63. The number of nitrogens with one attached hydrogen (secondary N) is 1. The summed E-state index contributed by atoms with van der Waals surface area (Å²) in [5.74, 6) is 0. The van der Waals surface area contributed by atoms with E-state index in [1.54, 1.807) is 18.5 Å². The van der Waals surface area contributed by atoms with Gasteiger partial charge in [-0.1, -0.05) is 6.07 Å². The van der Waals surface area contributed by atoms with Crippen LogP contribution in [0.15, 0.2) is 67.1 Å². The minimum Gasteiger partial charge on any atom is -0.348 e. The van der Waals surface area contributed by atoms with Crippen LogP contribution in [0.2, 0.25) is 0 Å². The van der Waals surface area contributed by atoms with E-state index in [4.69, 9.17) is 12.2 Å². The predicted molar refractivity (Wildman–Crippen MR) is 105 cm³/mol. The first kappa shape index (κ1) is 18.5. The van der Waals surface area contributed by atoms with E-state index in [0.29, 0.717) is 17.3 Å². The summed E-state index contributed by atoms with van der Waals surface area (Å²) < 4.78 is 41.1. The van der Waals surface area contributed by atoms with Crippen molar-refractivity contribution in [3.05, 3.63) is 83.9 Å². The maximum absolute atomic E-state index is 13.0. The zero-order valence-corrected chi connectivity index (χ0v) is 15.5. The number of rotatable bonds is 2. The van der Waals surface area contributed by atoms with Crippen LogP contribution in [0, 0.1) is 0 Å². The van der Waals surface area contributed by atoms with Gasteiger partial charge in [-0.15, -0.1) is 0 Å². The van der Waals surface area contributed by atoms with E-state index in [1.165, 1.54) is 6.07 Å². The highest BCUT2D eigenvalue weighted by molar-refractivity contribution is 7.80. The lowest BCUT2D eigenvalue weighted by atomic mass is 10.0. The molecular formula is C20H17F3N4S. The molecule has 8 heteroatoms. The summed E-state index contributed by atoms with van der Waals surface area (Å²) in [5.41, 5.74) is 1.70. The summed E-state index contributed by atoms with van der Waals surface area (Å²) in [7, 11) is 0. The maximum atomic E-state index is 13.0. The number of nitrogens with zero attached hydrogens (tertiary/aromatic N) is 3. The van der Waals surface area contributed by atoms with Crippen molar-refractivity contribution in [3.8, 4) is 0 Å². The molecule has 1 aromatic carbocycles. The second-order valence-corrected chi connectivity index (χ2v) is 6.90. The minimum absolute atomic E-state index is 0.141. The van der Waals surface area contributed by atoms with E-state index >= 15 is 0 Å². The number of halogens is 3. The van der Waals surface area contributed by atoms with Gasteiger partial charge in [0.2, 0.25) is 0 Å². The predicted octanol–water partition coefficient (Wildman–Crippen LogP) is 4.70. The molecule has 1 N–H and O–H groups in total. The first-order valence-electron chi connectivity index (χ1n) is 8.73. The van der Waals surface area contributed by atoms with Crippen LogP contribution in [0.25, 0.3) is 0 Å². The molecule has 0 radical (unpaired) electrons.